The van der Waals surface area contributed by atoms with Crippen molar-refractivity contribution in [2.75, 3.05) is 19.3 Å². The summed E-state index contributed by atoms with van der Waals surface area (Å²) in [5.41, 5.74) is 10.6. The Balaban J connectivity index is 2.41. The SMILES string of the molecule is CNCCc1ccccc1-c1ccccc1N. The molecule has 0 unspecified atom stereocenters. The lowest BCUT2D eigenvalue weighted by Gasteiger charge is -2.11. The highest BCUT2D eigenvalue weighted by atomic mass is 14.8. The molecule has 17 heavy (non-hydrogen) atoms. The maximum atomic E-state index is 6.03. The first kappa shape index (κ1) is 11.7. The monoisotopic (exact) mass is 226 g/mol. The minimum Gasteiger partial charge on any atom is -0.398 e. The van der Waals surface area contributed by atoms with Gasteiger partial charge in [-0.15, -0.1) is 0 Å². The summed E-state index contributed by atoms with van der Waals surface area (Å²) in [4.78, 5) is 0. The van der Waals surface area contributed by atoms with Gasteiger partial charge in [-0.1, -0.05) is 42.5 Å². The van der Waals surface area contributed by atoms with Gasteiger partial charge in [-0.3, -0.25) is 0 Å². The number of nitrogen functional groups attached to an aromatic ring is 1. The Labute approximate surface area is 102 Å². The first-order valence-corrected chi connectivity index (χ1v) is 5.90. The fourth-order valence-corrected chi connectivity index (χ4v) is 2.00. The predicted molar refractivity (Wildman–Crippen MR) is 73.9 cm³/mol. The van der Waals surface area contributed by atoms with E-state index in [1.54, 1.807) is 0 Å². The van der Waals surface area contributed by atoms with Crippen molar-refractivity contribution in [2.45, 2.75) is 6.42 Å². The molecule has 0 heterocycles. The third-order valence-corrected chi connectivity index (χ3v) is 2.91. The average Bonchev–Trinajstić information content (AvgIpc) is 2.37. The van der Waals surface area contributed by atoms with Crippen molar-refractivity contribution >= 4 is 5.69 Å². The van der Waals surface area contributed by atoms with Gasteiger partial charge in [0.15, 0.2) is 0 Å². The Kier molecular flexibility index (Phi) is 3.78. The summed E-state index contributed by atoms with van der Waals surface area (Å²) in [6.45, 7) is 0.976. The summed E-state index contributed by atoms with van der Waals surface area (Å²) in [5, 5.41) is 3.18. The van der Waals surface area contributed by atoms with Gasteiger partial charge in [0.1, 0.15) is 0 Å². The molecule has 0 fully saturated rings. The Morgan fingerprint density at radius 3 is 2.29 bits per heavy atom. The topological polar surface area (TPSA) is 38.0 Å². The molecule has 0 saturated heterocycles. The van der Waals surface area contributed by atoms with Crippen molar-refractivity contribution in [3.05, 3.63) is 54.1 Å². The average molecular weight is 226 g/mol. The second-order valence-corrected chi connectivity index (χ2v) is 4.10. The molecule has 2 rings (SSSR count). The van der Waals surface area contributed by atoms with Crippen LogP contribution in [0.1, 0.15) is 5.56 Å². The number of nitrogens with two attached hydrogens (primary N) is 1. The molecule has 88 valence electrons. The van der Waals surface area contributed by atoms with Gasteiger partial charge < -0.3 is 11.1 Å². The normalized spacial score (nSPS) is 10.4. The molecular formula is C15H18N2. The van der Waals surface area contributed by atoms with Crippen LogP contribution in [0.25, 0.3) is 11.1 Å². The number of nitrogens with one attached hydrogen (secondary N) is 1. The highest BCUT2D eigenvalue weighted by Crippen LogP contribution is 2.28. The molecule has 0 radical (unpaired) electrons. The van der Waals surface area contributed by atoms with Crippen molar-refractivity contribution < 1.29 is 0 Å². The van der Waals surface area contributed by atoms with Crippen LogP contribution in [-0.4, -0.2) is 13.6 Å². The summed E-state index contributed by atoms with van der Waals surface area (Å²) in [7, 11) is 1.97. The van der Waals surface area contributed by atoms with Crippen LogP contribution in [0.2, 0.25) is 0 Å². The van der Waals surface area contributed by atoms with Gasteiger partial charge in [-0.05, 0) is 37.2 Å². The molecule has 0 bridgehead atoms. The largest absolute Gasteiger partial charge is 0.398 e. The van der Waals surface area contributed by atoms with Gasteiger partial charge in [0, 0.05) is 11.3 Å². The number of para-hydroxylation sites is 1. The minimum atomic E-state index is 0.837. The number of hydrogen-bond acceptors (Lipinski definition) is 2. The second kappa shape index (κ2) is 5.51. The van der Waals surface area contributed by atoms with E-state index in [2.05, 4.69) is 35.6 Å². The van der Waals surface area contributed by atoms with Crippen molar-refractivity contribution in [1.29, 1.82) is 0 Å². The zero-order chi connectivity index (χ0) is 12.1. The Morgan fingerprint density at radius 2 is 1.59 bits per heavy atom. The van der Waals surface area contributed by atoms with E-state index >= 15 is 0 Å². The fraction of sp³-hybridized carbons (Fsp3) is 0.200. The van der Waals surface area contributed by atoms with Crippen LogP contribution >= 0.6 is 0 Å². The molecule has 0 aliphatic rings. The molecule has 0 aliphatic heterocycles. The van der Waals surface area contributed by atoms with Gasteiger partial charge in [0.05, 0.1) is 0 Å². The molecule has 3 N–H and O–H groups in total. The molecule has 0 spiro atoms. The van der Waals surface area contributed by atoms with Crippen molar-refractivity contribution in [3.8, 4) is 11.1 Å². The minimum absolute atomic E-state index is 0.837. The lowest BCUT2D eigenvalue weighted by Crippen LogP contribution is -2.10. The lowest BCUT2D eigenvalue weighted by molar-refractivity contribution is 0.792. The van der Waals surface area contributed by atoms with Gasteiger partial charge in [0.2, 0.25) is 0 Å². The van der Waals surface area contributed by atoms with Crippen molar-refractivity contribution in [2.24, 2.45) is 0 Å². The van der Waals surface area contributed by atoms with E-state index in [-0.39, 0.29) is 0 Å². The Bertz CT molecular complexity index is 492. The van der Waals surface area contributed by atoms with Crippen LogP contribution in [0.4, 0.5) is 5.69 Å². The van der Waals surface area contributed by atoms with Crippen molar-refractivity contribution in [3.63, 3.8) is 0 Å². The number of benzene rings is 2. The molecule has 2 aromatic carbocycles. The number of anilines is 1. The lowest BCUT2D eigenvalue weighted by atomic mass is 9.96. The summed E-state index contributed by atoms with van der Waals surface area (Å²) >= 11 is 0. The van der Waals surface area contributed by atoms with Crippen LogP contribution < -0.4 is 11.1 Å². The second-order valence-electron chi connectivity index (χ2n) is 4.10. The van der Waals surface area contributed by atoms with Crippen molar-refractivity contribution in [1.82, 2.24) is 5.32 Å². The predicted octanol–water partition coefficient (Wildman–Crippen LogP) is 2.70. The zero-order valence-electron chi connectivity index (χ0n) is 10.1. The van der Waals surface area contributed by atoms with Crippen LogP contribution in [0.3, 0.4) is 0 Å². The molecule has 0 aliphatic carbocycles. The van der Waals surface area contributed by atoms with Gasteiger partial charge >= 0.3 is 0 Å². The fourth-order valence-electron chi connectivity index (χ4n) is 2.00. The zero-order valence-corrected chi connectivity index (χ0v) is 10.1. The summed E-state index contributed by atoms with van der Waals surface area (Å²) in [5.74, 6) is 0. The molecule has 0 amide bonds. The first-order valence-electron chi connectivity index (χ1n) is 5.90. The highest BCUT2D eigenvalue weighted by Gasteiger charge is 2.06. The molecule has 0 saturated carbocycles. The summed E-state index contributed by atoms with van der Waals surface area (Å²) < 4.78 is 0. The maximum absolute atomic E-state index is 6.03. The third-order valence-electron chi connectivity index (χ3n) is 2.91. The molecule has 2 nitrogen and oxygen atoms in total. The van der Waals surface area contributed by atoms with Gasteiger partial charge in [-0.25, -0.2) is 0 Å². The van der Waals surface area contributed by atoms with Gasteiger partial charge in [0.25, 0.3) is 0 Å². The summed E-state index contributed by atoms with van der Waals surface area (Å²) in [6.07, 6.45) is 1.01. The van der Waals surface area contributed by atoms with Crippen LogP contribution in [0, 0.1) is 0 Å². The standard InChI is InChI=1S/C15H18N2/c1-17-11-10-12-6-2-3-7-13(12)14-8-4-5-9-15(14)16/h2-9,17H,10-11,16H2,1H3. The van der Waals surface area contributed by atoms with Crippen LogP contribution in [-0.2, 0) is 6.42 Å². The Morgan fingerprint density at radius 1 is 0.941 bits per heavy atom. The first-order chi connectivity index (χ1) is 8.33. The molecule has 2 aromatic rings. The van der Waals surface area contributed by atoms with E-state index in [9.17, 15) is 0 Å². The molecule has 2 heteroatoms. The molecule has 0 atom stereocenters. The van der Waals surface area contributed by atoms with E-state index in [0.29, 0.717) is 0 Å². The number of likely N-dealkylation sites (N-methyl/N-ethyl adjacent to an activating group) is 1. The third kappa shape index (κ3) is 2.66. The highest BCUT2D eigenvalue weighted by molar-refractivity contribution is 5.78. The van der Waals surface area contributed by atoms with E-state index in [4.69, 9.17) is 5.73 Å². The van der Waals surface area contributed by atoms with E-state index < -0.39 is 0 Å². The number of rotatable bonds is 4. The quantitative estimate of drug-likeness (QED) is 0.787. The smallest absolute Gasteiger partial charge is 0.0393 e. The Hall–Kier alpha value is -1.80. The number of hydrogen-bond donors (Lipinski definition) is 2. The summed E-state index contributed by atoms with van der Waals surface area (Å²) in [6, 6.07) is 16.5. The molecular weight excluding hydrogens is 208 g/mol. The van der Waals surface area contributed by atoms with E-state index in [1.807, 2.05) is 25.2 Å². The van der Waals surface area contributed by atoms with Crippen LogP contribution in [0.15, 0.2) is 48.5 Å². The van der Waals surface area contributed by atoms with E-state index in [1.165, 1.54) is 11.1 Å². The molecule has 0 aromatic heterocycles. The maximum Gasteiger partial charge on any atom is 0.0393 e. The van der Waals surface area contributed by atoms with E-state index in [0.717, 1.165) is 24.2 Å². The van der Waals surface area contributed by atoms with Gasteiger partial charge in [-0.2, -0.15) is 0 Å². The van der Waals surface area contributed by atoms with Crippen LogP contribution in [0.5, 0.6) is 0 Å².